The van der Waals surface area contributed by atoms with Gasteiger partial charge in [-0.25, -0.2) is 4.98 Å². The normalized spacial score (nSPS) is 12.5. The second kappa shape index (κ2) is 7.85. The average Bonchev–Trinajstić information content (AvgIpc) is 3.54. The second-order valence-electron chi connectivity index (χ2n) is 7.23. The van der Waals surface area contributed by atoms with Crippen LogP contribution in [0.1, 0.15) is 28.0 Å². The molecule has 10 nitrogen and oxygen atoms in total. The zero-order chi connectivity index (χ0) is 22.2. The summed E-state index contributed by atoms with van der Waals surface area (Å²) >= 11 is 1.49. The molecule has 3 heterocycles. The van der Waals surface area contributed by atoms with Gasteiger partial charge in [0.05, 0.1) is 15.5 Å². The quantitative estimate of drug-likeness (QED) is 0.355. The lowest BCUT2D eigenvalue weighted by Gasteiger charge is -2.09. The predicted molar refractivity (Wildman–Crippen MR) is 118 cm³/mol. The summed E-state index contributed by atoms with van der Waals surface area (Å²) in [6.07, 6.45) is 2.29. The van der Waals surface area contributed by atoms with Crippen molar-refractivity contribution in [2.45, 2.75) is 19.3 Å². The van der Waals surface area contributed by atoms with Gasteiger partial charge in [0.25, 0.3) is 17.2 Å². The SMILES string of the molecule is O=C(Nc1cc(-c2cccs2)nn1-c1nc2c(c(=O)[nH]1)CCC2)c1ccc([N+](=O)[O-])cc1. The summed E-state index contributed by atoms with van der Waals surface area (Å²) in [6.45, 7) is 0. The third-order valence-electron chi connectivity index (χ3n) is 5.19. The standard InChI is InChI=1S/C21H16N6O4S/c28-19(12-6-8-13(9-7-12)27(30)31)23-18-11-16(17-5-2-10-32-17)25-26(18)21-22-15-4-1-3-14(15)20(29)24-21/h2,5-11H,1,3-4H2,(H,23,28)(H,22,24,29). The largest absolute Gasteiger partial charge is 0.306 e. The number of aromatic amines is 1. The molecular weight excluding hydrogens is 432 g/mol. The van der Waals surface area contributed by atoms with Crippen LogP contribution in [-0.2, 0) is 12.8 Å². The maximum atomic E-state index is 12.8. The van der Waals surface area contributed by atoms with Gasteiger partial charge in [0.1, 0.15) is 11.5 Å². The van der Waals surface area contributed by atoms with Gasteiger partial charge in [-0.15, -0.1) is 11.3 Å². The Labute approximate surface area is 184 Å². The monoisotopic (exact) mass is 448 g/mol. The van der Waals surface area contributed by atoms with Crippen LogP contribution in [0.4, 0.5) is 11.5 Å². The Hall–Kier alpha value is -4.12. The van der Waals surface area contributed by atoms with Gasteiger partial charge >= 0.3 is 0 Å². The van der Waals surface area contributed by atoms with Gasteiger partial charge in [0.2, 0.25) is 5.95 Å². The van der Waals surface area contributed by atoms with Gasteiger partial charge in [0.15, 0.2) is 0 Å². The highest BCUT2D eigenvalue weighted by atomic mass is 32.1. The maximum Gasteiger partial charge on any atom is 0.269 e. The molecule has 32 heavy (non-hydrogen) atoms. The van der Waals surface area contributed by atoms with E-state index in [1.807, 2.05) is 17.5 Å². The number of benzene rings is 1. The van der Waals surface area contributed by atoms with Crippen LogP contribution in [0.15, 0.2) is 52.6 Å². The number of aryl methyl sites for hydroxylation is 1. The summed E-state index contributed by atoms with van der Waals surface area (Å²) in [7, 11) is 0. The molecule has 0 unspecified atom stereocenters. The fraction of sp³-hybridized carbons (Fsp3) is 0.143. The highest BCUT2D eigenvalue weighted by molar-refractivity contribution is 7.13. The molecule has 2 N–H and O–H groups in total. The highest BCUT2D eigenvalue weighted by Gasteiger charge is 2.21. The van der Waals surface area contributed by atoms with E-state index in [-0.39, 0.29) is 22.8 Å². The van der Waals surface area contributed by atoms with E-state index in [1.54, 1.807) is 6.07 Å². The summed E-state index contributed by atoms with van der Waals surface area (Å²) in [5.74, 6) is 0.0672. The number of nitro groups is 1. The number of hydrogen-bond acceptors (Lipinski definition) is 7. The molecule has 1 amide bonds. The number of fused-ring (bicyclic) bond motifs is 1. The topological polar surface area (TPSA) is 136 Å². The second-order valence-corrected chi connectivity index (χ2v) is 8.18. The molecule has 0 fully saturated rings. The number of nitrogens with one attached hydrogen (secondary N) is 2. The Kier molecular flexibility index (Phi) is 4.86. The van der Waals surface area contributed by atoms with Crippen molar-refractivity contribution in [2.24, 2.45) is 0 Å². The maximum absolute atomic E-state index is 12.8. The number of anilines is 1. The minimum Gasteiger partial charge on any atom is -0.306 e. The first-order valence-electron chi connectivity index (χ1n) is 9.82. The number of rotatable bonds is 5. The molecule has 4 aromatic rings. The van der Waals surface area contributed by atoms with E-state index in [0.29, 0.717) is 23.5 Å². The van der Waals surface area contributed by atoms with Crippen LogP contribution in [0.3, 0.4) is 0 Å². The van der Waals surface area contributed by atoms with Crippen LogP contribution < -0.4 is 10.9 Å². The molecule has 0 radical (unpaired) electrons. The summed E-state index contributed by atoms with van der Waals surface area (Å²) in [5, 5.41) is 20.1. The first-order chi connectivity index (χ1) is 15.5. The molecule has 1 aromatic carbocycles. The van der Waals surface area contributed by atoms with E-state index in [1.165, 1.54) is 40.3 Å². The molecule has 5 rings (SSSR count). The molecule has 1 aliphatic carbocycles. The van der Waals surface area contributed by atoms with Crippen LogP contribution in [-0.4, -0.2) is 30.6 Å². The summed E-state index contributed by atoms with van der Waals surface area (Å²) in [5.41, 5.74) is 1.98. The predicted octanol–water partition coefficient (Wildman–Crippen LogP) is 3.33. The van der Waals surface area contributed by atoms with Crippen molar-refractivity contribution < 1.29 is 9.72 Å². The lowest BCUT2D eigenvalue weighted by atomic mass is 10.2. The zero-order valence-electron chi connectivity index (χ0n) is 16.6. The number of carbonyl (C=O) groups is 1. The molecule has 1 aliphatic rings. The molecule has 0 saturated carbocycles. The molecule has 0 atom stereocenters. The van der Waals surface area contributed by atoms with Crippen LogP contribution in [0.2, 0.25) is 0 Å². The van der Waals surface area contributed by atoms with E-state index < -0.39 is 10.8 Å². The number of hydrogen-bond donors (Lipinski definition) is 2. The summed E-state index contributed by atoms with van der Waals surface area (Å²) in [4.78, 5) is 43.9. The van der Waals surface area contributed by atoms with E-state index in [0.717, 1.165) is 23.4 Å². The Bertz CT molecular complexity index is 1390. The smallest absolute Gasteiger partial charge is 0.269 e. The summed E-state index contributed by atoms with van der Waals surface area (Å²) in [6, 6.07) is 10.8. The lowest BCUT2D eigenvalue weighted by Crippen LogP contribution is -2.21. The van der Waals surface area contributed by atoms with Crippen LogP contribution >= 0.6 is 11.3 Å². The van der Waals surface area contributed by atoms with E-state index in [9.17, 15) is 19.7 Å². The third-order valence-corrected chi connectivity index (χ3v) is 6.09. The number of thiophene rings is 1. The van der Waals surface area contributed by atoms with Crippen molar-refractivity contribution >= 4 is 28.7 Å². The van der Waals surface area contributed by atoms with Crippen molar-refractivity contribution in [1.29, 1.82) is 0 Å². The van der Waals surface area contributed by atoms with Crippen molar-refractivity contribution in [2.75, 3.05) is 5.32 Å². The summed E-state index contributed by atoms with van der Waals surface area (Å²) < 4.78 is 1.40. The Morgan fingerprint density at radius 1 is 1.22 bits per heavy atom. The minimum absolute atomic E-state index is 0.105. The Morgan fingerprint density at radius 3 is 2.75 bits per heavy atom. The highest BCUT2D eigenvalue weighted by Crippen LogP contribution is 2.28. The third kappa shape index (κ3) is 3.58. The van der Waals surface area contributed by atoms with E-state index >= 15 is 0 Å². The van der Waals surface area contributed by atoms with Crippen LogP contribution in [0, 0.1) is 10.1 Å². The van der Waals surface area contributed by atoms with Crippen molar-refractivity contribution in [3.8, 4) is 16.5 Å². The van der Waals surface area contributed by atoms with Gasteiger partial charge in [-0.2, -0.15) is 9.78 Å². The van der Waals surface area contributed by atoms with Crippen molar-refractivity contribution in [3.05, 3.63) is 85.1 Å². The van der Waals surface area contributed by atoms with Gasteiger partial charge in [-0.1, -0.05) is 6.07 Å². The van der Waals surface area contributed by atoms with Gasteiger partial charge in [-0.05, 0) is 42.8 Å². The molecule has 160 valence electrons. The van der Waals surface area contributed by atoms with Crippen molar-refractivity contribution in [1.82, 2.24) is 19.7 Å². The average molecular weight is 448 g/mol. The molecule has 0 bridgehead atoms. The number of aromatic nitrogens is 4. The number of carbonyl (C=O) groups excluding carboxylic acids is 1. The lowest BCUT2D eigenvalue weighted by molar-refractivity contribution is -0.384. The van der Waals surface area contributed by atoms with E-state index in [4.69, 9.17) is 0 Å². The molecule has 0 spiro atoms. The van der Waals surface area contributed by atoms with Crippen LogP contribution in [0.5, 0.6) is 0 Å². The van der Waals surface area contributed by atoms with Gasteiger partial charge in [0, 0.05) is 29.3 Å². The first kappa shape index (κ1) is 19.8. The number of non-ortho nitro benzene ring substituents is 1. The number of nitro benzene ring substituents is 1. The first-order valence-corrected chi connectivity index (χ1v) is 10.7. The zero-order valence-corrected chi connectivity index (χ0v) is 17.4. The molecule has 11 heteroatoms. The molecule has 0 aliphatic heterocycles. The Morgan fingerprint density at radius 2 is 2.03 bits per heavy atom. The van der Waals surface area contributed by atoms with Gasteiger partial charge < -0.3 is 5.32 Å². The molecular formula is C21H16N6O4S. The van der Waals surface area contributed by atoms with Crippen molar-refractivity contribution in [3.63, 3.8) is 0 Å². The number of H-pyrrole nitrogens is 1. The fourth-order valence-corrected chi connectivity index (χ4v) is 4.31. The molecule has 3 aromatic heterocycles. The number of amides is 1. The molecule has 0 saturated heterocycles. The minimum atomic E-state index is -0.528. The Balaban J connectivity index is 1.54. The fourth-order valence-electron chi connectivity index (χ4n) is 3.63. The van der Waals surface area contributed by atoms with Gasteiger partial charge in [-0.3, -0.25) is 24.7 Å². The number of nitrogens with zero attached hydrogens (tertiary/aromatic N) is 4. The van der Waals surface area contributed by atoms with Crippen LogP contribution in [0.25, 0.3) is 16.5 Å². The van der Waals surface area contributed by atoms with E-state index in [2.05, 4.69) is 20.4 Å².